The molecule has 0 radical (unpaired) electrons. The molecule has 0 spiro atoms. The summed E-state index contributed by atoms with van der Waals surface area (Å²) >= 11 is 0. The van der Waals surface area contributed by atoms with Gasteiger partial charge in [-0.2, -0.15) is 0 Å². The van der Waals surface area contributed by atoms with Gasteiger partial charge in [-0.25, -0.2) is 39.9 Å². The first-order valence-electron chi connectivity index (χ1n) is 32.6. The predicted molar refractivity (Wildman–Crippen MR) is 398 cm³/mol. The highest BCUT2D eigenvalue weighted by Crippen LogP contribution is 2.49. The van der Waals surface area contributed by atoms with Crippen molar-refractivity contribution in [2.75, 3.05) is 0 Å². The molecule has 0 N–H and O–H groups in total. The molecule has 0 aliphatic heterocycles. The molecule has 0 saturated heterocycles. The summed E-state index contributed by atoms with van der Waals surface area (Å²) in [7, 11) is 0. The van der Waals surface area contributed by atoms with Gasteiger partial charge in [-0.15, -0.1) is 0 Å². The first-order valence-corrected chi connectivity index (χ1v) is 32.6. The monoisotopic (exact) mass is 1210 g/mol. The highest BCUT2D eigenvalue weighted by molar-refractivity contribution is 6.41. The maximum absolute atomic E-state index is 5.78. The molecule has 0 aliphatic rings. The number of nitrogens with zero attached hydrogens (tertiary/aromatic N) is 8. The van der Waals surface area contributed by atoms with Gasteiger partial charge in [-0.05, 0) is 38.7 Å². The summed E-state index contributed by atoms with van der Waals surface area (Å²) in [5.41, 5.74) is 19.9. The molecule has 0 fully saturated rings. The van der Waals surface area contributed by atoms with Gasteiger partial charge in [0.25, 0.3) is 0 Å². The summed E-state index contributed by atoms with van der Waals surface area (Å²) in [5, 5.41) is 21.7. The Bertz CT molecular complexity index is 7160. The average molecular weight is 1220 g/mol. The van der Waals surface area contributed by atoms with Gasteiger partial charge in [0, 0.05) is 108 Å². The topological polar surface area (TPSA) is 103 Å². The van der Waals surface area contributed by atoms with Crippen LogP contribution in [0.2, 0.25) is 0 Å². The molecule has 0 bridgehead atoms. The van der Waals surface area contributed by atoms with E-state index in [0.717, 1.165) is 219 Å². The molecule has 0 atom stereocenters. The standard InChI is InChI=1S/C88H46N8/c1-4-20-48(21-5-1)73-74(49-22-6-2-7-23-49)90-82-61-33-17-35-63-70(61)69-60(81(82)89-73)32-16-34-62(69)83-84(63)92-76(75(91-83)50-24-8-3-9-25-50)51-42-40-47(41-43-51)52-44-45-59-68(46-52)55-28-12-15-31-58(55)79-80(59)96-88-67-39-19-37-65-72(67)71-64(36-18-38-66(71)87(88)95-79)85-86(65)94-78-57-30-14-11-27-54(57)53-26-10-13-29-56(53)77(78)93-85/h1-46H. The van der Waals surface area contributed by atoms with Crippen LogP contribution in [0, 0.1) is 0 Å². The van der Waals surface area contributed by atoms with Crippen LogP contribution in [0.4, 0.5) is 0 Å². The highest BCUT2D eigenvalue weighted by Gasteiger charge is 2.27. The molecule has 96 heavy (non-hydrogen) atoms. The Balaban J connectivity index is 0.716. The SMILES string of the molecule is c1ccc(-c2nc3c4cccc5c6nc(-c7ccccc7)c(-c7ccc(-c8ccc9c(c8)c8ccccc8c8nc%10c%11cccc%12c%13nc%14c%15ccccc%15c%15ccccc%15c%14nc%13c%13cccc(c%10nc98)c%13c%12%11)cc7)nc6c6cccc(c3nc2-c2ccccc2)c6c45)cc1. The van der Waals surface area contributed by atoms with Gasteiger partial charge in [-0.3, -0.25) is 0 Å². The van der Waals surface area contributed by atoms with Gasteiger partial charge in [0.15, 0.2) is 0 Å². The van der Waals surface area contributed by atoms with Gasteiger partial charge < -0.3 is 0 Å². The molecule has 8 nitrogen and oxygen atoms in total. The summed E-state index contributed by atoms with van der Waals surface area (Å²) in [6.07, 6.45) is 0. The van der Waals surface area contributed by atoms with Crippen LogP contribution < -0.4 is 0 Å². The lowest BCUT2D eigenvalue weighted by Crippen LogP contribution is -2.00. The van der Waals surface area contributed by atoms with E-state index < -0.39 is 0 Å². The molecule has 0 aliphatic carbocycles. The summed E-state index contributed by atoms with van der Waals surface area (Å²) in [5.74, 6) is 0. The van der Waals surface area contributed by atoms with Crippen LogP contribution in [0.5, 0.6) is 0 Å². The number of rotatable bonds is 5. The Labute approximate surface area is 545 Å². The predicted octanol–water partition coefficient (Wildman–Crippen LogP) is 22.5. The summed E-state index contributed by atoms with van der Waals surface area (Å²) in [6.45, 7) is 0. The van der Waals surface area contributed by atoms with Gasteiger partial charge in [0.05, 0.1) is 89.0 Å². The maximum atomic E-state index is 5.78. The van der Waals surface area contributed by atoms with Crippen molar-refractivity contribution in [1.82, 2.24) is 39.9 Å². The summed E-state index contributed by atoms with van der Waals surface area (Å²) in [6, 6.07) is 99.0. The van der Waals surface area contributed by atoms with Crippen LogP contribution in [0.3, 0.4) is 0 Å². The molecular formula is C88H46N8. The van der Waals surface area contributed by atoms with Crippen molar-refractivity contribution in [2.24, 2.45) is 0 Å². The van der Waals surface area contributed by atoms with Crippen molar-refractivity contribution in [3.63, 3.8) is 0 Å². The molecule has 8 heteroatoms. The first-order chi connectivity index (χ1) is 47.6. The van der Waals surface area contributed by atoms with E-state index in [4.69, 9.17) is 39.9 Å². The fraction of sp³-hybridized carbons (Fsp3) is 0. The normalized spacial score (nSPS) is 12.4. The fourth-order valence-electron chi connectivity index (χ4n) is 16.2. The van der Waals surface area contributed by atoms with Crippen LogP contribution >= 0.6 is 0 Å². The molecule has 0 saturated carbocycles. The summed E-state index contributed by atoms with van der Waals surface area (Å²) < 4.78 is 0. The van der Waals surface area contributed by atoms with Crippen molar-refractivity contribution in [2.45, 2.75) is 0 Å². The van der Waals surface area contributed by atoms with Crippen LogP contribution in [0.15, 0.2) is 279 Å². The molecule has 22 aromatic rings. The molecule has 438 valence electrons. The van der Waals surface area contributed by atoms with E-state index >= 15 is 0 Å². The third-order valence-electron chi connectivity index (χ3n) is 20.4. The smallest absolute Gasteiger partial charge is 0.0980 e. The van der Waals surface area contributed by atoms with Gasteiger partial charge >= 0.3 is 0 Å². The van der Waals surface area contributed by atoms with Crippen LogP contribution in [0.1, 0.15) is 0 Å². The van der Waals surface area contributed by atoms with Gasteiger partial charge in [0.2, 0.25) is 0 Å². The number of hydrogen-bond acceptors (Lipinski definition) is 8. The lowest BCUT2D eigenvalue weighted by Gasteiger charge is -2.19. The lowest BCUT2D eigenvalue weighted by molar-refractivity contribution is 1.30. The Morgan fingerprint density at radius 3 is 0.646 bits per heavy atom. The quantitative estimate of drug-likeness (QED) is 0.124. The van der Waals surface area contributed by atoms with Crippen molar-refractivity contribution in [3.05, 3.63) is 279 Å². The molecule has 4 heterocycles. The second-order valence-corrected chi connectivity index (χ2v) is 25.5. The third-order valence-corrected chi connectivity index (χ3v) is 20.4. The lowest BCUT2D eigenvalue weighted by atomic mass is 9.90. The van der Waals surface area contributed by atoms with Crippen molar-refractivity contribution in [3.8, 4) is 56.2 Å². The Morgan fingerprint density at radius 2 is 0.333 bits per heavy atom. The van der Waals surface area contributed by atoms with E-state index in [2.05, 4.69) is 267 Å². The van der Waals surface area contributed by atoms with Crippen LogP contribution in [-0.2, 0) is 0 Å². The largest absolute Gasteiger partial charge is 0.243 e. The molecule has 0 amide bonds. The molecule has 22 rings (SSSR count). The Morgan fingerprint density at radius 1 is 0.125 bits per heavy atom. The average Bonchev–Trinajstić information content (AvgIpc) is 0.701. The second kappa shape index (κ2) is 19.3. The van der Waals surface area contributed by atoms with E-state index in [9.17, 15) is 0 Å². The Hall–Kier alpha value is -13.0. The molecule has 0 unspecified atom stereocenters. The highest BCUT2D eigenvalue weighted by atomic mass is 14.9. The minimum Gasteiger partial charge on any atom is -0.243 e. The zero-order valence-electron chi connectivity index (χ0n) is 51.1. The molecule has 4 aromatic heterocycles. The zero-order chi connectivity index (χ0) is 62.4. The van der Waals surface area contributed by atoms with Crippen molar-refractivity contribution < 1.29 is 0 Å². The third kappa shape index (κ3) is 7.05. The second-order valence-electron chi connectivity index (χ2n) is 25.5. The number of fused-ring (bicyclic) bond motifs is 24. The van der Waals surface area contributed by atoms with Crippen LogP contribution in [-0.4, -0.2) is 39.9 Å². The fourth-order valence-corrected chi connectivity index (χ4v) is 16.2. The number of aromatic nitrogens is 8. The van der Waals surface area contributed by atoms with E-state index in [1.165, 1.54) is 10.8 Å². The minimum atomic E-state index is 0.808. The van der Waals surface area contributed by atoms with Crippen molar-refractivity contribution >= 4 is 174 Å². The van der Waals surface area contributed by atoms with Gasteiger partial charge in [-0.1, -0.05) is 273 Å². The van der Waals surface area contributed by atoms with Crippen LogP contribution in [0.25, 0.3) is 230 Å². The maximum Gasteiger partial charge on any atom is 0.0980 e. The first kappa shape index (κ1) is 51.6. The van der Waals surface area contributed by atoms with Gasteiger partial charge in [0.1, 0.15) is 0 Å². The van der Waals surface area contributed by atoms with E-state index in [-0.39, 0.29) is 0 Å². The van der Waals surface area contributed by atoms with E-state index in [0.29, 0.717) is 0 Å². The van der Waals surface area contributed by atoms with E-state index in [1.54, 1.807) is 0 Å². The zero-order valence-corrected chi connectivity index (χ0v) is 51.1. The molecular weight excluding hydrogens is 1170 g/mol. The number of hydrogen-bond donors (Lipinski definition) is 0. The minimum absolute atomic E-state index is 0.808. The number of benzene rings is 18. The summed E-state index contributed by atoms with van der Waals surface area (Å²) in [4.78, 5) is 45.5. The Kier molecular flexibility index (Phi) is 10.4. The van der Waals surface area contributed by atoms with Crippen molar-refractivity contribution in [1.29, 1.82) is 0 Å². The van der Waals surface area contributed by atoms with E-state index in [1.807, 2.05) is 12.1 Å². The molecule has 18 aromatic carbocycles.